The number of aryl methyl sites for hydroxylation is 1. The van der Waals surface area contributed by atoms with E-state index in [-0.39, 0.29) is 5.91 Å². The predicted octanol–water partition coefficient (Wildman–Crippen LogP) is 0.207. The zero-order valence-electron chi connectivity index (χ0n) is 10.7. The molecule has 7 nitrogen and oxygen atoms in total. The highest BCUT2D eigenvalue weighted by molar-refractivity contribution is 5.87. The van der Waals surface area contributed by atoms with Gasteiger partial charge in [-0.1, -0.05) is 6.58 Å². The van der Waals surface area contributed by atoms with Gasteiger partial charge in [-0.2, -0.15) is 5.10 Å². The lowest BCUT2D eigenvalue weighted by atomic mass is 10.3. The Kier molecular flexibility index (Phi) is 2.66. The van der Waals surface area contributed by atoms with Crippen molar-refractivity contribution >= 4 is 5.91 Å². The first kappa shape index (κ1) is 11.6. The van der Waals surface area contributed by atoms with Crippen LogP contribution in [0.4, 0.5) is 0 Å². The number of hydrogen-bond acceptors (Lipinski definition) is 4. The first-order valence-electron chi connectivity index (χ1n) is 6.01. The largest absolute Gasteiger partial charge is 0.330 e. The summed E-state index contributed by atoms with van der Waals surface area (Å²) in [6.45, 7) is 5.30. The Morgan fingerprint density at radius 3 is 2.95 bits per heavy atom. The van der Waals surface area contributed by atoms with Crippen LogP contribution in [0.15, 0.2) is 25.0 Å². The highest BCUT2D eigenvalue weighted by atomic mass is 16.2. The van der Waals surface area contributed by atoms with Gasteiger partial charge in [0, 0.05) is 26.3 Å². The number of amides is 1. The third kappa shape index (κ3) is 1.92. The molecule has 2 aromatic heterocycles. The molecule has 0 aromatic carbocycles. The summed E-state index contributed by atoms with van der Waals surface area (Å²) >= 11 is 0. The molecule has 0 atom stereocenters. The van der Waals surface area contributed by atoms with Gasteiger partial charge in [0.1, 0.15) is 0 Å². The zero-order chi connectivity index (χ0) is 13.4. The molecule has 19 heavy (non-hydrogen) atoms. The van der Waals surface area contributed by atoms with Crippen molar-refractivity contribution in [1.82, 2.24) is 29.4 Å². The number of rotatable bonds is 2. The number of aromatic nitrogens is 5. The third-order valence-electron chi connectivity index (χ3n) is 3.20. The van der Waals surface area contributed by atoms with E-state index in [0.29, 0.717) is 19.6 Å². The fraction of sp³-hybridized carbons (Fsp3) is 0.333. The highest BCUT2D eigenvalue weighted by Gasteiger charge is 2.23. The average Bonchev–Trinajstić information content (AvgIpc) is 3.02. The molecule has 0 radical (unpaired) electrons. The molecule has 7 heteroatoms. The molecule has 0 fully saturated rings. The lowest BCUT2D eigenvalue weighted by Gasteiger charge is -2.26. The molecule has 1 aliphatic rings. The van der Waals surface area contributed by atoms with Gasteiger partial charge in [0.05, 0.1) is 18.3 Å². The van der Waals surface area contributed by atoms with Crippen LogP contribution in [0.5, 0.6) is 0 Å². The Morgan fingerprint density at radius 1 is 1.42 bits per heavy atom. The van der Waals surface area contributed by atoms with Crippen molar-refractivity contribution in [3.63, 3.8) is 0 Å². The Hall–Kier alpha value is -2.44. The molecule has 1 amide bonds. The zero-order valence-corrected chi connectivity index (χ0v) is 10.7. The normalized spacial score (nSPS) is 14.3. The highest BCUT2D eigenvalue weighted by Crippen LogP contribution is 2.21. The minimum Gasteiger partial charge on any atom is -0.330 e. The van der Waals surface area contributed by atoms with Gasteiger partial charge in [0.15, 0.2) is 11.6 Å². The summed E-state index contributed by atoms with van der Waals surface area (Å²) in [7, 11) is 1.86. The van der Waals surface area contributed by atoms with Crippen molar-refractivity contribution in [3.05, 3.63) is 30.9 Å². The fourth-order valence-corrected chi connectivity index (χ4v) is 2.23. The minimum absolute atomic E-state index is 0.0721. The second-order valence-corrected chi connectivity index (χ2v) is 4.46. The Bertz CT molecular complexity index is 640. The molecule has 98 valence electrons. The van der Waals surface area contributed by atoms with E-state index in [1.54, 1.807) is 15.8 Å². The lowest BCUT2D eigenvalue weighted by molar-refractivity contribution is -0.127. The maximum atomic E-state index is 11.6. The summed E-state index contributed by atoms with van der Waals surface area (Å²) in [6.07, 6.45) is 4.99. The van der Waals surface area contributed by atoms with E-state index in [4.69, 9.17) is 0 Å². The molecule has 0 unspecified atom stereocenters. The van der Waals surface area contributed by atoms with Gasteiger partial charge in [-0.15, -0.1) is 10.2 Å². The summed E-state index contributed by atoms with van der Waals surface area (Å²) in [5, 5.41) is 12.5. The van der Waals surface area contributed by atoms with Crippen LogP contribution in [-0.2, 0) is 24.9 Å². The Morgan fingerprint density at radius 2 is 2.26 bits per heavy atom. The number of carbonyl (C=O) groups is 1. The number of fused-ring (bicyclic) bond motifs is 1. The summed E-state index contributed by atoms with van der Waals surface area (Å²) in [5.41, 5.74) is 0.935. The van der Waals surface area contributed by atoms with E-state index in [0.717, 1.165) is 17.2 Å². The van der Waals surface area contributed by atoms with E-state index < -0.39 is 0 Å². The van der Waals surface area contributed by atoms with Gasteiger partial charge >= 0.3 is 0 Å². The number of nitrogens with zero attached hydrogens (tertiary/aromatic N) is 6. The molecule has 1 aliphatic heterocycles. The standard InChI is InChI=1S/C12H14N6O/c1-3-11(19)17-4-5-18-10(8-17)14-15-12(18)9-6-13-16(2)7-9/h3,6-7H,1,4-5,8H2,2H3. The lowest BCUT2D eigenvalue weighted by Crippen LogP contribution is -2.37. The molecule has 0 aliphatic carbocycles. The second kappa shape index (κ2) is 4.34. The van der Waals surface area contributed by atoms with Crippen LogP contribution in [0.2, 0.25) is 0 Å². The predicted molar refractivity (Wildman–Crippen MR) is 67.8 cm³/mol. The van der Waals surface area contributed by atoms with Crippen LogP contribution in [0.3, 0.4) is 0 Å². The average molecular weight is 258 g/mol. The summed E-state index contributed by atoms with van der Waals surface area (Å²) in [5.74, 6) is 1.52. The first-order valence-corrected chi connectivity index (χ1v) is 6.01. The van der Waals surface area contributed by atoms with Crippen molar-refractivity contribution in [2.24, 2.45) is 7.05 Å². The van der Waals surface area contributed by atoms with Crippen LogP contribution < -0.4 is 0 Å². The van der Waals surface area contributed by atoms with Crippen LogP contribution in [0.25, 0.3) is 11.4 Å². The van der Waals surface area contributed by atoms with Gasteiger partial charge < -0.3 is 9.47 Å². The van der Waals surface area contributed by atoms with E-state index >= 15 is 0 Å². The molecule has 0 N–H and O–H groups in total. The first-order chi connectivity index (χ1) is 9.19. The van der Waals surface area contributed by atoms with Crippen LogP contribution >= 0.6 is 0 Å². The molecule has 0 saturated heterocycles. The second-order valence-electron chi connectivity index (χ2n) is 4.46. The van der Waals surface area contributed by atoms with Crippen molar-refractivity contribution in [2.45, 2.75) is 13.1 Å². The van der Waals surface area contributed by atoms with E-state index in [9.17, 15) is 4.79 Å². The van der Waals surface area contributed by atoms with E-state index in [1.807, 2.05) is 17.8 Å². The van der Waals surface area contributed by atoms with E-state index in [2.05, 4.69) is 21.9 Å². The van der Waals surface area contributed by atoms with Gasteiger partial charge in [-0.3, -0.25) is 9.48 Å². The summed E-state index contributed by atoms with van der Waals surface area (Å²) in [4.78, 5) is 13.3. The number of carbonyl (C=O) groups excluding carboxylic acids is 1. The smallest absolute Gasteiger partial charge is 0.246 e. The van der Waals surface area contributed by atoms with Crippen molar-refractivity contribution in [1.29, 1.82) is 0 Å². The molecule has 0 spiro atoms. The maximum absolute atomic E-state index is 11.6. The minimum atomic E-state index is -0.0721. The van der Waals surface area contributed by atoms with Gasteiger partial charge in [0.25, 0.3) is 0 Å². The maximum Gasteiger partial charge on any atom is 0.246 e. The van der Waals surface area contributed by atoms with Crippen molar-refractivity contribution < 1.29 is 4.79 Å². The quantitative estimate of drug-likeness (QED) is 0.722. The molecule has 0 saturated carbocycles. The monoisotopic (exact) mass is 258 g/mol. The van der Waals surface area contributed by atoms with Crippen molar-refractivity contribution in [3.8, 4) is 11.4 Å². The molecular weight excluding hydrogens is 244 g/mol. The number of hydrogen-bond donors (Lipinski definition) is 0. The van der Waals surface area contributed by atoms with Crippen LogP contribution in [0.1, 0.15) is 5.82 Å². The SMILES string of the molecule is C=CC(=O)N1CCn2c(nnc2-c2cnn(C)c2)C1. The van der Waals surface area contributed by atoms with Gasteiger partial charge in [0.2, 0.25) is 5.91 Å². The fourth-order valence-electron chi connectivity index (χ4n) is 2.23. The van der Waals surface area contributed by atoms with E-state index in [1.165, 1.54) is 6.08 Å². The van der Waals surface area contributed by atoms with Crippen LogP contribution in [-0.4, -0.2) is 41.9 Å². The Balaban J connectivity index is 1.92. The molecule has 3 heterocycles. The molecule has 0 bridgehead atoms. The molecule has 3 rings (SSSR count). The summed E-state index contributed by atoms with van der Waals surface area (Å²) in [6, 6.07) is 0. The van der Waals surface area contributed by atoms with Crippen molar-refractivity contribution in [2.75, 3.05) is 6.54 Å². The van der Waals surface area contributed by atoms with Gasteiger partial charge in [-0.05, 0) is 6.08 Å². The van der Waals surface area contributed by atoms with Gasteiger partial charge in [-0.25, -0.2) is 0 Å². The molecule has 2 aromatic rings. The third-order valence-corrected chi connectivity index (χ3v) is 3.20. The summed E-state index contributed by atoms with van der Waals surface area (Å²) < 4.78 is 3.76. The topological polar surface area (TPSA) is 68.8 Å². The molecular formula is C12H14N6O. The van der Waals surface area contributed by atoms with Crippen LogP contribution in [0, 0.1) is 0 Å². The Labute approximate surface area is 110 Å².